The Morgan fingerprint density at radius 2 is 1.50 bits per heavy atom. The molecular weight excluding hydrogens is 520 g/mol. The smallest absolute Gasteiger partial charge is 0.338 e. The van der Waals surface area contributed by atoms with Gasteiger partial charge >= 0.3 is 11.9 Å². The summed E-state index contributed by atoms with van der Waals surface area (Å²) in [6.45, 7) is 17.3. The number of benzene rings is 1. The summed E-state index contributed by atoms with van der Waals surface area (Å²) in [5.41, 5.74) is 2.45. The van der Waals surface area contributed by atoms with Crippen LogP contribution in [-0.2, 0) is 14.3 Å². The Bertz CT molecular complexity index is 1280. The molecule has 4 heteroatoms. The zero-order chi connectivity index (χ0) is 30.3. The van der Waals surface area contributed by atoms with Gasteiger partial charge in [0.25, 0.3) is 0 Å². The first-order valence-corrected chi connectivity index (χ1v) is 16.7. The standard InChI is InChI=1S/C38H54O4/c1-33(2)20-22-38(32(40)41-8)23-21-36(6)26(27(38)24-33)14-15-29-35(5)18-17-30(42-31(39)25-12-10-9-11-13-25)34(3,4)28(35)16-19-37(29,36)7/h9-14,27-30H,15-24H2,1-8H3. The highest BCUT2D eigenvalue weighted by atomic mass is 16.5. The van der Waals surface area contributed by atoms with Crippen LogP contribution in [0.25, 0.3) is 0 Å². The Balaban J connectivity index is 1.33. The lowest BCUT2D eigenvalue weighted by molar-refractivity contribution is -0.206. The molecule has 5 aliphatic carbocycles. The number of allylic oxidation sites excluding steroid dienone is 2. The molecule has 0 radical (unpaired) electrons. The fourth-order valence-electron chi connectivity index (χ4n) is 11.8. The Kier molecular flexibility index (Phi) is 6.92. The molecule has 1 aromatic carbocycles. The second-order valence-corrected chi connectivity index (χ2v) is 17.0. The van der Waals surface area contributed by atoms with Crippen molar-refractivity contribution in [3.8, 4) is 0 Å². The quantitative estimate of drug-likeness (QED) is 0.267. The fraction of sp³-hybridized carbons (Fsp3) is 0.737. The van der Waals surface area contributed by atoms with E-state index < -0.39 is 0 Å². The predicted molar refractivity (Wildman–Crippen MR) is 167 cm³/mol. The van der Waals surface area contributed by atoms with Crippen LogP contribution in [0.2, 0.25) is 0 Å². The number of esters is 2. The van der Waals surface area contributed by atoms with Gasteiger partial charge in [-0.25, -0.2) is 4.79 Å². The molecule has 42 heavy (non-hydrogen) atoms. The van der Waals surface area contributed by atoms with Crippen LogP contribution in [0, 0.1) is 50.2 Å². The number of methoxy groups -OCH3 is 1. The van der Waals surface area contributed by atoms with Crippen molar-refractivity contribution < 1.29 is 19.1 Å². The van der Waals surface area contributed by atoms with Crippen molar-refractivity contribution in [3.05, 3.63) is 47.5 Å². The molecule has 0 aromatic heterocycles. The summed E-state index contributed by atoms with van der Waals surface area (Å²) in [5.74, 6) is 1.18. The highest BCUT2D eigenvalue weighted by Crippen LogP contribution is 2.76. The SMILES string of the molecule is COC(=O)C12CCC(C)(C)CC1C1=CCC3C4(C)CCC(OC(=O)c5ccccc5)C(C)(C)C4CCC3(C)C1(C)CC2. The van der Waals surface area contributed by atoms with Crippen molar-refractivity contribution in [2.75, 3.05) is 7.11 Å². The van der Waals surface area contributed by atoms with Gasteiger partial charge in [0, 0.05) is 5.41 Å². The third-order valence-electron chi connectivity index (χ3n) is 14.4. The number of carbonyl (C=O) groups excluding carboxylic acids is 2. The molecule has 6 rings (SSSR count). The lowest BCUT2D eigenvalue weighted by Crippen LogP contribution is -2.65. The molecular formula is C38H54O4. The van der Waals surface area contributed by atoms with E-state index in [1.807, 2.05) is 30.3 Å². The van der Waals surface area contributed by atoms with E-state index in [1.54, 1.807) is 12.7 Å². The molecule has 4 nitrogen and oxygen atoms in total. The summed E-state index contributed by atoms with van der Waals surface area (Å²) < 4.78 is 11.8. The average Bonchev–Trinajstić information content (AvgIpc) is 2.94. The van der Waals surface area contributed by atoms with Gasteiger partial charge in [-0.3, -0.25) is 4.79 Å². The average molecular weight is 575 g/mol. The zero-order valence-electron chi connectivity index (χ0n) is 27.5. The molecule has 0 aliphatic heterocycles. The molecule has 0 saturated heterocycles. The molecule has 0 heterocycles. The number of carbonyl (C=O) groups is 2. The van der Waals surface area contributed by atoms with Crippen molar-refractivity contribution in [1.29, 1.82) is 0 Å². The van der Waals surface area contributed by atoms with Crippen molar-refractivity contribution >= 4 is 11.9 Å². The first kappa shape index (κ1) is 29.9. The van der Waals surface area contributed by atoms with Gasteiger partial charge in [0.1, 0.15) is 6.10 Å². The molecule has 230 valence electrons. The second-order valence-electron chi connectivity index (χ2n) is 17.0. The Morgan fingerprint density at radius 3 is 2.19 bits per heavy atom. The van der Waals surface area contributed by atoms with Crippen molar-refractivity contribution in [2.24, 2.45) is 50.2 Å². The number of fused-ring (bicyclic) bond motifs is 7. The van der Waals surface area contributed by atoms with Gasteiger partial charge in [0.15, 0.2) is 0 Å². The molecule has 8 unspecified atom stereocenters. The zero-order valence-corrected chi connectivity index (χ0v) is 27.5. The molecule has 4 saturated carbocycles. The van der Waals surface area contributed by atoms with E-state index in [1.165, 1.54) is 6.42 Å². The summed E-state index contributed by atoms with van der Waals surface area (Å²) in [7, 11) is 1.59. The van der Waals surface area contributed by atoms with Crippen LogP contribution in [0.5, 0.6) is 0 Å². The molecule has 1 aromatic rings. The molecule has 0 spiro atoms. The highest BCUT2D eigenvalue weighted by Gasteiger charge is 2.69. The van der Waals surface area contributed by atoms with Gasteiger partial charge < -0.3 is 9.47 Å². The number of hydrogen-bond acceptors (Lipinski definition) is 4. The molecule has 4 fully saturated rings. The normalized spacial score (nSPS) is 43.4. The van der Waals surface area contributed by atoms with Crippen molar-refractivity contribution in [2.45, 2.75) is 119 Å². The summed E-state index contributed by atoms with van der Waals surface area (Å²) in [5, 5.41) is 0. The van der Waals surface area contributed by atoms with E-state index in [0.29, 0.717) is 17.4 Å². The minimum absolute atomic E-state index is 0.0269. The maximum atomic E-state index is 13.5. The van der Waals surface area contributed by atoms with Gasteiger partial charge in [0.2, 0.25) is 0 Å². The summed E-state index contributed by atoms with van der Waals surface area (Å²) in [4.78, 5) is 26.6. The molecule has 0 bridgehead atoms. The minimum Gasteiger partial charge on any atom is -0.469 e. The summed E-state index contributed by atoms with van der Waals surface area (Å²) in [6, 6.07) is 9.46. The van der Waals surface area contributed by atoms with Gasteiger partial charge in [-0.2, -0.15) is 0 Å². The van der Waals surface area contributed by atoms with E-state index in [9.17, 15) is 9.59 Å². The van der Waals surface area contributed by atoms with E-state index in [-0.39, 0.29) is 56.5 Å². The monoisotopic (exact) mass is 574 g/mol. The van der Waals surface area contributed by atoms with Gasteiger partial charge in [-0.1, -0.05) is 78.3 Å². The highest BCUT2D eigenvalue weighted by molar-refractivity contribution is 5.89. The van der Waals surface area contributed by atoms with Crippen LogP contribution in [0.3, 0.4) is 0 Å². The van der Waals surface area contributed by atoms with Crippen LogP contribution in [0.1, 0.15) is 123 Å². The molecule has 8 atom stereocenters. The van der Waals surface area contributed by atoms with Gasteiger partial charge in [-0.05, 0) is 116 Å². The van der Waals surface area contributed by atoms with Crippen LogP contribution < -0.4 is 0 Å². The lowest BCUT2D eigenvalue weighted by atomic mass is 9.33. The minimum atomic E-state index is -0.359. The largest absolute Gasteiger partial charge is 0.469 e. The first-order chi connectivity index (χ1) is 19.6. The number of ether oxygens (including phenoxy) is 2. The maximum Gasteiger partial charge on any atom is 0.338 e. The van der Waals surface area contributed by atoms with E-state index in [2.05, 4.69) is 54.5 Å². The van der Waals surface area contributed by atoms with Crippen LogP contribution in [-0.4, -0.2) is 25.2 Å². The van der Waals surface area contributed by atoms with E-state index in [0.717, 1.165) is 57.8 Å². The molecule has 5 aliphatic rings. The van der Waals surface area contributed by atoms with Crippen LogP contribution >= 0.6 is 0 Å². The Labute approximate surface area is 254 Å². The summed E-state index contributed by atoms with van der Waals surface area (Å²) in [6.07, 6.45) is 13.1. The van der Waals surface area contributed by atoms with Gasteiger partial charge in [0.05, 0.1) is 18.1 Å². The Hall–Kier alpha value is -2.10. The topological polar surface area (TPSA) is 52.6 Å². The van der Waals surface area contributed by atoms with E-state index >= 15 is 0 Å². The molecule has 0 N–H and O–H groups in total. The third-order valence-corrected chi connectivity index (χ3v) is 14.4. The predicted octanol–water partition coefficient (Wildman–Crippen LogP) is 9.19. The lowest BCUT2D eigenvalue weighted by Gasteiger charge is -2.71. The van der Waals surface area contributed by atoms with Crippen molar-refractivity contribution in [1.82, 2.24) is 0 Å². The maximum absolute atomic E-state index is 13.5. The van der Waals surface area contributed by atoms with Crippen LogP contribution in [0.4, 0.5) is 0 Å². The molecule has 0 amide bonds. The van der Waals surface area contributed by atoms with Crippen molar-refractivity contribution in [3.63, 3.8) is 0 Å². The fourth-order valence-corrected chi connectivity index (χ4v) is 11.8. The van der Waals surface area contributed by atoms with Gasteiger partial charge in [-0.15, -0.1) is 0 Å². The third kappa shape index (κ3) is 4.05. The number of hydrogen-bond donors (Lipinski definition) is 0. The van der Waals surface area contributed by atoms with Crippen LogP contribution in [0.15, 0.2) is 42.0 Å². The van der Waals surface area contributed by atoms with E-state index in [4.69, 9.17) is 9.47 Å². The Morgan fingerprint density at radius 1 is 0.810 bits per heavy atom. The number of rotatable bonds is 3. The second kappa shape index (κ2) is 9.70. The summed E-state index contributed by atoms with van der Waals surface area (Å²) >= 11 is 0. The first-order valence-electron chi connectivity index (χ1n) is 16.7.